The van der Waals surface area contributed by atoms with Gasteiger partial charge in [0, 0.05) is 19.8 Å². The summed E-state index contributed by atoms with van der Waals surface area (Å²) in [5.74, 6) is 0. The van der Waals surface area contributed by atoms with Crippen molar-refractivity contribution in [3.05, 3.63) is 71.8 Å². The van der Waals surface area contributed by atoms with Gasteiger partial charge in [0.15, 0.2) is 0 Å². The molecule has 0 atom stereocenters. The van der Waals surface area contributed by atoms with E-state index in [0.717, 1.165) is 5.57 Å². The molecule has 2 aromatic carbocycles. The van der Waals surface area contributed by atoms with Crippen LogP contribution in [0.25, 0.3) is 5.57 Å². The lowest BCUT2D eigenvalue weighted by Gasteiger charge is -2.13. The number of anilines is 1. The molecule has 0 aliphatic heterocycles. The number of nitrogens with zero attached hydrogens (tertiary/aromatic N) is 1. The molecule has 0 aromatic heterocycles. The average molecular weight is 237 g/mol. The first-order chi connectivity index (χ1) is 8.58. The molecule has 18 heavy (non-hydrogen) atoms. The van der Waals surface area contributed by atoms with Crippen molar-refractivity contribution in [3.8, 4) is 0 Å². The summed E-state index contributed by atoms with van der Waals surface area (Å²) in [6.07, 6.45) is 0. The van der Waals surface area contributed by atoms with Gasteiger partial charge in [0.25, 0.3) is 0 Å². The molecule has 0 aliphatic carbocycles. The third-order valence-electron chi connectivity index (χ3n) is 3.13. The van der Waals surface area contributed by atoms with E-state index in [0.29, 0.717) is 0 Å². The molecular formula is C17H19N. The second kappa shape index (κ2) is 5.09. The highest BCUT2D eigenvalue weighted by Gasteiger charge is 2.02. The lowest BCUT2D eigenvalue weighted by molar-refractivity contribution is 1.13. The van der Waals surface area contributed by atoms with Crippen molar-refractivity contribution in [1.82, 2.24) is 0 Å². The molecular weight excluding hydrogens is 218 g/mol. The third-order valence-corrected chi connectivity index (χ3v) is 3.13. The maximum Gasteiger partial charge on any atom is 0.0361 e. The maximum atomic E-state index is 4.19. The van der Waals surface area contributed by atoms with Crippen LogP contribution in [0.3, 0.4) is 0 Å². The van der Waals surface area contributed by atoms with E-state index in [2.05, 4.69) is 66.9 Å². The Bertz CT molecular complexity index is 533. The number of hydrogen-bond acceptors (Lipinski definition) is 1. The lowest BCUT2D eigenvalue weighted by Crippen LogP contribution is -2.08. The van der Waals surface area contributed by atoms with Gasteiger partial charge in [-0.15, -0.1) is 0 Å². The SMILES string of the molecule is C=C(c1ccc(C)cc1)c1ccc(N(C)C)cc1. The molecule has 1 heteroatoms. The molecule has 0 bridgehead atoms. The van der Waals surface area contributed by atoms with Gasteiger partial charge in [0.2, 0.25) is 0 Å². The zero-order chi connectivity index (χ0) is 13.1. The summed E-state index contributed by atoms with van der Waals surface area (Å²) >= 11 is 0. The van der Waals surface area contributed by atoms with Crippen molar-refractivity contribution < 1.29 is 0 Å². The van der Waals surface area contributed by atoms with Gasteiger partial charge in [0.1, 0.15) is 0 Å². The van der Waals surface area contributed by atoms with E-state index in [-0.39, 0.29) is 0 Å². The molecule has 0 N–H and O–H groups in total. The van der Waals surface area contributed by atoms with E-state index in [1.807, 2.05) is 14.1 Å². The fourth-order valence-electron chi connectivity index (χ4n) is 1.88. The highest BCUT2D eigenvalue weighted by Crippen LogP contribution is 2.23. The predicted molar refractivity (Wildman–Crippen MR) is 80.1 cm³/mol. The zero-order valence-corrected chi connectivity index (χ0v) is 11.3. The molecule has 1 nitrogen and oxygen atoms in total. The summed E-state index contributed by atoms with van der Waals surface area (Å²) in [5.41, 5.74) is 5.90. The van der Waals surface area contributed by atoms with E-state index in [1.54, 1.807) is 0 Å². The molecule has 0 aliphatic rings. The topological polar surface area (TPSA) is 3.24 Å². The summed E-state index contributed by atoms with van der Waals surface area (Å²) < 4.78 is 0. The number of benzene rings is 2. The van der Waals surface area contributed by atoms with Crippen LogP contribution in [0, 0.1) is 6.92 Å². The van der Waals surface area contributed by atoms with E-state index in [9.17, 15) is 0 Å². The largest absolute Gasteiger partial charge is 0.378 e. The zero-order valence-electron chi connectivity index (χ0n) is 11.3. The van der Waals surface area contributed by atoms with Crippen LogP contribution in [0.5, 0.6) is 0 Å². The monoisotopic (exact) mass is 237 g/mol. The van der Waals surface area contributed by atoms with Crippen molar-refractivity contribution in [2.75, 3.05) is 19.0 Å². The van der Waals surface area contributed by atoms with Crippen molar-refractivity contribution in [3.63, 3.8) is 0 Å². The van der Waals surface area contributed by atoms with Crippen LogP contribution in [0.2, 0.25) is 0 Å². The third kappa shape index (κ3) is 2.62. The quantitative estimate of drug-likeness (QED) is 0.776. The van der Waals surface area contributed by atoms with E-state index in [4.69, 9.17) is 0 Å². The van der Waals surface area contributed by atoms with Crippen LogP contribution in [-0.2, 0) is 0 Å². The Morgan fingerprint density at radius 1 is 0.833 bits per heavy atom. The van der Waals surface area contributed by atoms with Gasteiger partial charge in [-0.1, -0.05) is 48.5 Å². The molecule has 2 aromatic rings. The van der Waals surface area contributed by atoms with Gasteiger partial charge in [-0.3, -0.25) is 0 Å². The fourth-order valence-corrected chi connectivity index (χ4v) is 1.88. The highest BCUT2D eigenvalue weighted by molar-refractivity contribution is 5.78. The normalized spacial score (nSPS) is 10.2. The first kappa shape index (κ1) is 12.4. The first-order valence-corrected chi connectivity index (χ1v) is 6.11. The summed E-state index contributed by atoms with van der Waals surface area (Å²) in [4.78, 5) is 2.10. The Kier molecular flexibility index (Phi) is 3.52. The van der Waals surface area contributed by atoms with Crippen LogP contribution >= 0.6 is 0 Å². The van der Waals surface area contributed by atoms with Crippen LogP contribution in [0.15, 0.2) is 55.1 Å². The Morgan fingerprint density at radius 3 is 1.72 bits per heavy atom. The fraction of sp³-hybridized carbons (Fsp3) is 0.176. The Labute approximate surface area is 109 Å². The minimum Gasteiger partial charge on any atom is -0.378 e. The lowest BCUT2D eigenvalue weighted by atomic mass is 9.98. The van der Waals surface area contributed by atoms with Crippen LogP contribution in [0.1, 0.15) is 16.7 Å². The Balaban J connectivity index is 2.26. The van der Waals surface area contributed by atoms with Gasteiger partial charge in [-0.05, 0) is 35.8 Å². The first-order valence-electron chi connectivity index (χ1n) is 6.11. The second-order valence-electron chi connectivity index (χ2n) is 4.79. The summed E-state index contributed by atoms with van der Waals surface area (Å²) in [5, 5.41) is 0. The molecule has 0 radical (unpaired) electrons. The van der Waals surface area contributed by atoms with E-state index < -0.39 is 0 Å². The minimum absolute atomic E-state index is 1.07. The molecule has 0 spiro atoms. The van der Waals surface area contributed by atoms with Crippen molar-refractivity contribution in [2.24, 2.45) is 0 Å². The maximum absolute atomic E-state index is 4.19. The molecule has 0 unspecified atom stereocenters. The molecule has 0 amide bonds. The summed E-state index contributed by atoms with van der Waals surface area (Å²) in [6, 6.07) is 17.0. The van der Waals surface area contributed by atoms with Gasteiger partial charge in [-0.2, -0.15) is 0 Å². The predicted octanol–water partition coefficient (Wildman–Crippen LogP) is 4.12. The minimum atomic E-state index is 1.07. The Morgan fingerprint density at radius 2 is 1.28 bits per heavy atom. The van der Waals surface area contributed by atoms with Crippen molar-refractivity contribution >= 4 is 11.3 Å². The van der Waals surface area contributed by atoms with Gasteiger partial charge < -0.3 is 4.90 Å². The smallest absolute Gasteiger partial charge is 0.0361 e. The summed E-state index contributed by atoms with van der Waals surface area (Å²) in [7, 11) is 4.09. The number of hydrogen-bond donors (Lipinski definition) is 0. The van der Waals surface area contributed by atoms with E-state index >= 15 is 0 Å². The van der Waals surface area contributed by atoms with Crippen LogP contribution < -0.4 is 4.90 Å². The standard InChI is InChI=1S/C17H19N/c1-13-5-7-15(8-6-13)14(2)16-9-11-17(12-10-16)18(3)4/h5-12H,2H2,1,3-4H3. The van der Waals surface area contributed by atoms with Gasteiger partial charge in [-0.25, -0.2) is 0 Å². The summed E-state index contributed by atoms with van der Waals surface area (Å²) in [6.45, 7) is 6.28. The van der Waals surface area contributed by atoms with Crippen LogP contribution in [0.4, 0.5) is 5.69 Å². The van der Waals surface area contributed by atoms with E-state index in [1.165, 1.54) is 22.4 Å². The average Bonchev–Trinajstić information content (AvgIpc) is 2.39. The molecule has 0 fully saturated rings. The molecule has 2 rings (SSSR count). The highest BCUT2D eigenvalue weighted by atomic mass is 15.1. The molecule has 0 saturated heterocycles. The Hall–Kier alpha value is -2.02. The number of aryl methyl sites for hydroxylation is 1. The molecule has 0 saturated carbocycles. The van der Waals surface area contributed by atoms with Gasteiger partial charge >= 0.3 is 0 Å². The number of rotatable bonds is 3. The van der Waals surface area contributed by atoms with Crippen molar-refractivity contribution in [1.29, 1.82) is 0 Å². The second-order valence-corrected chi connectivity index (χ2v) is 4.79. The van der Waals surface area contributed by atoms with Crippen LogP contribution in [-0.4, -0.2) is 14.1 Å². The van der Waals surface area contributed by atoms with Crippen molar-refractivity contribution in [2.45, 2.75) is 6.92 Å². The molecule has 92 valence electrons. The van der Waals surface area contributed by atoms with Gasteiger partial charge in [0.05, 0.1) is 0 Å². The molecule has 0 heterocycles.